The molecule has 2 rings (SSSR count). The summed E-state index contributed by atoms with van der Waals surface area (Å²) in [5.74, 6) is -0.676. The molecule has 0 aliphatic carbocycles. The molecule has 0 radical (unpaired) electrons. The number of halogens is 1. The fourth-order valence-corrected chi connectivity index (χ4v) is 4.22. The van der Waals surface area contributed by atoms with Gasteiger partial charge in [0.25, 0.3) is 5.91 Å². The Hall–Kier alpha value is -2.45. The fourth-order valence-electron chi connectivity index (χ4n) is 2.60. The molecule has 8 heteroatoms. The summed E-state index contributed by atoms with van der Waals surface area (Å²) >= 11 is 0. The normalized spacial score (nSPS) is 13.1. The average molecular weight is 408 g/mol. The lowest BCUT2D eigenvalue weighted by atomic mass is 10.1. The lowest BCUT2D eigenvalue weighted by Gasteiger charge is -2.21. The van der Waals surface area contributed by atoms with Crippen molar-refractivity contribution in [3.05, 3.63) is 59.4 Å². The number of amides is 1. The maximum Gasteiger partial charge on any atom is 0.251 e. The predicted octanol–water partition coefficient (Wildman–Crippen LogP) is 3.40. The molecule has 6 nitrogen and oxygen atoms in total. The average Bonchev–Trinajstić information content (AvgIpc) is 2.59. The zero-order valence-electron chi connectivity index (χ0n) is 16.5. The summed E-state index contributed by atoms with van der Waals surface area (Å²) in [5, 5.41) is 2.78. The van der Waals surface area contributed by atoms with Crippen LogP contribution in [0.2, 0.25) is 0 Å². The van der Waals surface area contributed by atoms with E-state index in [2.05, 4.69) is 10.0 Å². The molecule has 2 N–H and O–H groups in total. The van der Waals surface area contributed by atoms with E-state index in [1.165, 1.54) is 37.4 Å². The Morgan fingerprint density at radius 3 is 2.25 bits per heavy atom. The maximum atomic E-state index is 13.1. The number of sulfonamides is 1. The van der Waals surface area contributed by atoms with E-state index in [1.54, 1.807) is 39.8 Å². The number of ether oxygens (including phenoxy) is 1. The number of hydrogen-bond donors (Lipinski definition) is 2. The van der Waals surface area contributed by atoms with Gasteiger partial charge in [0.2, 0.25) is 10.0 Å². The molecule has 0 saturated heterocycles. The number of carbonyl (C=O) groups excluding carboxylic acids is 1. The van der Waals surface area contributed by atoms with Crippen LogP contribution in [0.25, 0.3) is 0 Å². The molecule has 0 bridgehead atoms. The van der Waals surface area contributed by atoms with Gasteiger partial charge in [0, 0.05) is 11.1 Å². The van der Waals surface area contributed by atoms with Crippen molar-refractivity contribution in [2.75, 3.05) is 7.11 Å². The Labute approximate surface area is 165 Å². The predicted molar refractivity (Wildman–Crippen MR) is 105 cm³/mol. The standard InChI is InChI=1S/C20H25FN2O4S/c1-13(14-6-9-16(21)10-7-14)22-19(24)15-8-11-17(27-5)18(12-15)28(25,26)23-20(2,3)4/h6-13,23H,1-5H3,(H,22,24). The lowest BCUT2D eigenvalue weighted by Crippen LogP contribution is -2.40. The van der Waals surface area contributed by atoms with Crippen molar-refractivity contribution in [1.29, 1.82) is 0 Å². The minimum atomic E-state index is -3.90. The summed E-state index contributed by atoms with van der Waals surface area (Å²) in [7, 11) is -2.54. The zero-order chi connectivity index (χ0) is 21.1. The van der Waals surface area contributed by atoms with E-state index in [-0.39, 0.29) is 28.1 Å². The smallest absolute Gasteiger partial charge is 0.251 e. The van der Waals surface area contributed by atoms with Crippen molar-refractivity contribution in [2.24, 2.45) is 0 Å². The highest BCUT2D eigenvalue weighted by atomic mass is 32.2. The third-order valence-electron chi connectivity index (χ3n) is 3.87. The fraction of sp³-hybridized carbons (Fsp3) is 0.350. The molecule has 0 fully saturated rings. The molecule has 0 heterocycles. The Bertz CT molecular complexity index is 951. The second-order valence-corrected chi connectivity index (χ2v) is 9.12. The van der Waals surface area contributed by atoms with Gasteiger partial charge >= 0.3 is 0 Å². The first-order valence-electron chi connectivity index (χ1n) is 8.71. The molecule has 0 spiro atoms. The number of hydrogen-bond acceptors (Lipinski definition) is 4. The number of nitrogens with one attached hydrogen (secondary N) is 2. The Morgan fingerprint density at radius 2 is 1.71 bits per heavy atom. The van der Waals surface area contributed by atoms with E-state index >= 15 is 0 Å². The van der Waals surface area contributed by atoms with Crippen molar-refractivity contribution in [1.82, 2.24) is 10.0 Å². The van der Waals surface area contributed by atoms with E-state index in [9.17, 15) is 17.6 Å². The molecule has 0 saturated carbocycles. The SMILES string of the molecule is COc1ccc(C(=O)NC(C)c2ccc(F)cc2)cc1S(=O)(=O)NC(C)(C)C. The Balaban J connectivity index is 2.31. The third kappa shape index (κ3) is 5.53. The molecule has 0 aliphatic rings. The van der Waals surface area contributed by atoms with Crippen LogP contribution >= 0.6 is 0 Å². The first-order chi connectivity index (χ1) is 12.9. The van der Waals surface area contributed by atoms with Crippen LogP contribution in [0, 0.1) is 5.82 Å². The first kappa shape index (κ1) is 21.8. The lowest BCUT2D eigenvalue weighted by molar-refractivity contribution is 0.0939. The molecule has 2 aromatic carbocycles. The quantitative estimate of drug-likeness (QED) is 0.767. The number of carbonyl (C=O) groups is 1. The molecule has 1 atom stereocenters. The van der Waals surface area contributed by atoms with Gasteiger partial charge in [0.1, 0.15) is 16.5 Å². The minimum absolute atomic E-state index is 0.119. The van der Waals surface area contributed by atoms with Gasteiger partial charge in [-0.15, -0.1) is 0 Å². The molecule has 2 aromatic rings. The van der Waals surface area contributed by atoms with Crippen LogP contribution in [0.5, 0.6) is 5.75 Å². The summed E-state index contributed by atoms with van der Waals surface area (Å²) in [5.41, 5.74) is 0.203. The van der Waals surface area contributed by atoms with Crippen molar-refractivity contribution < 1.29 is 22.3 Å². The van der Waals surface area contributed by atoms with Crippen molar-refractivity contribution >= 4 is 15.9 Å². The molecule has 1 amide bonds. The van der Waals surface area contributed by atoms with Gasteiger partial charge in [-0.1, -0.05) is 12.1 Å². The van der Waals surface area contributed by atoms with E-state index in [1.807, 2.05) is 0 Å². The molecular formula is C20H25FN2O4S. The molecule has 152 valence electrons. The van der Waals surface area contributed by atoms with Gasteiger partial charge in [0.15, 0.2) is 0 Å². The van der Waals surface area contributed by atoms with Crippen molar-refractivity contribution in [2.45, 2.75) is 44.2 Å². The summed E-state index contributed by atoms with van der Waals surface area (Å²) < 4.78 is 46.2. The van der Waals surface area contributed by atoms with E-state index < -0.39 is 21.5 Å². The maximum absolute atomic E-state index is 13.1. The highest BCUT2D eigenvalue weighted by Gasteiger charge is 2.26. The van der Waals surface area contributed by atoms with Gasteiger partial charge < -0.3 is 10.1 Å². The molecular weight excluding hydrogens is 383 g/mol. The van der Waals surface area contributed by atoms with Crippen LogP contribution in [0.3, 0.4) is 0 Å². The summed E-state index contributed by atoms with van der Waals surface area (Å²) in [6.45, 7) is 6.92. The summed E-state index contributed by atoms with van der Waals surface area (Å²) in [4.78, 5) is 12.5. The van der Waals surface area contributed by atoms with E-state index in [0.29, 0.717) is 0 Å². The van der Waals surface area contributed by atoms with Gasteiger partial charge in [0.05, 0.1) is 13.2 Å². The summed E-state index contributed by atoms with van der Waals surface area (Å²) in [6, 6.07) is 9.61. The molecule has 0 aromatic heterocycles. The second kappa shape index (κ2) is 8.28. The van der Waals surface area contributed by atoms with Gasteiger partial charge in [-0.05, 0) is 63.6 Å². The summed E-state index contributed by atoms with van der Waals surface area (Å²) in [6.07, 6.45) is 0. The van der Waals surface area contributed by atoms with Crippen LogP contribution < -0.4 is 14.8 Å². The zero-order valence-corrected chi connectivity index (χ0v) is 17.4. The van der Waals surface area contributed by atoms with Gasteiger partial charge in [-0.25, -0.2) is 17.5 Å². The Kier molecular flexibility index (Phi) is 6.46. The topological polar surface area (TPSA) is 84.5 Å². The number of benzene rings is 2. The van der Waals surface area contributed by atoms with Crippen LogP contribution in [-0.4, -0.2) is 27.0 Å². The highest BCUT2D eigenvalue weighted by molar-refractivity contribution is 7.89. The monoisotopic (exact) mass is 408 g/mol. The second-order valence-electron chi connectivity index (χ2n) is 7.47. The highest BCUT2D eigenvalue weighted by Crippen LogP contribution is 2.26. The minimum Gasteiger partial charge on any atom is -0.495 e. The van der Waals surface area contributed by atoms with E-state index in [0.717, 1.165) is 5.56 Å². The van der Waals surface area contributed by atoms with E-state index in [4.69, 9.17) is 4.74 Å². The molecule has 28 heavy (non-hydrogen) atoms. The molecule has 1 unspecified atom stereocenters. The Morgan fingerprint density at radius 1 is 1.11 bits per heavy atom. The van der Waals surface area contributed by atoms with Crippen LogP contribution in [0.1, 0.15) is 49.7 Å². The third-order valence-corrected chi connectivity index (χ3v) is 5.65. The van der Waals surface area contributed by atoms with Gasteiger partial charge in [-0.2, -0.15) is 0 Å². The number of methoxy groups -OCH3 is 1. The van der Waals surface area contributed by atoms with Gasteiger partial charge in [-0.3, -0.25) is 4.79 Å². The molecule has 0 aliphatic heterocycles. The van der Waals surface area contributed by atoms with Crippen molar-refractivity contribution in [3.8, 4) is 5.75 Å². The van der Waals surface area contributed by atoms with Crippen molar-refractivity contribution in [3.63, 3.8) is 0 Å². The largest absolute Gasteiger partial charge is 0.495 e. The van der Waals surface area contributed by atoms with Crippen LogP contribution in [-0.2, 0) is 10.0 Å². The van der Waals surface area contributed by atoms with Crippen LogP contribution in [0.4, 0.5) is 4.39 Å². The number of rotatable bonds is 6. The first-order valence-corrected chi connectivity index (χ1v) is 10.2. The van der Waals surface area contributed by atoms with Crippen LogP contribution in [0.15, 0.2) is 47.4 Å².